The number of hydrogen-bond acceptors (Lipinski definition) is 4. The molecule has 0 aliphatic heterocycles. The van der Waals surface area contributed by atoms with Gasteiger partial charge in [0, 0.05) is 34.6 Å². The maximum absolute atomic E-state index is 6.12. The molecule has 18 heavy (non-hydrogen) atoms. The Balaban J connectivity index is 2.43. The summed E-state index contributed by atoms with van der Waals surface area (Å²) >= 11 is 7.65. The Kier molecular flexibility index (Phi) is 4.22. The normalized spacial score (nSPS) is 10.7. The van der Waals surface area contributed by atoms with Gasteiger partial charge in [0.1, 0.15) is 5.03 Å². The molecule has 94 valence electrons. The lowest BCUT2D eigenvalue weighted by atomic mass is 10.2. The second-order valence-corrected chi connectivity index (χ2v) is 5.36. The van der Waals surface area contributed by atoms with Gasteiger partial charge in [-0.25, -0.2) is 4.98 Å². The first kappa shape index (κ1) is 13.3. The van der Waals surface area contributed by atoms with E-state index in [0.717, 1.165) is 26.9 Å². The minimum Gasteiger partial charge on any atom is -0.326 e. The highest BCUT2D eigenvalue weighted by molar-refractivity contribution is 7.99. The van der Waals surface area contributed by atoms with Crippen LogP contribution < -0.4 is 5.73 Å². The minimum absolute atomic E-state index is 0.464. The average Bonchev–Trinajstić information content (AvgIpc) is 2.31. The summed E-state index contributed by atoms with van der Waals surface area (Å²) in [5.74, 6) is 0. The first-order chi connectivity index (χ1) is 8.61. The Morgan fingerprint density at radius 3 is 2.83 bits per heavy atom. The highest BCUT2D eigenvalue weighted by atomic mass is 35.5. The van der Waals surface area contributed by atoms with Crippen LogP contribution in [0.25, 0.3) is 0 Å². The zero-order chi connectivity index (χ0) is 13.1. The van der Waals surface area contributed by atoms with Gasteiger partial charge < -0.3 is 5.73 Å². The molecule has 0 aromatic carbocycles. The molecular weight excluding hydrogens is 266 g/mol. The van der Waals surface area contributed by atoms with E-state index in [1.807, 2.05) is 32.0 Å². The Morgan fingerprint density at radius 2 is 2.17 bits per heavy atom. The minimum atomic E-state index is 0.464. The molecule has 2 rings (SSSR count). The van der Waals surface area contributed by atoms with Crippen molar-refractivity contribution >= 4 is 23.4 Å². The fourth-order valence-corrected chi connectivity index (χ4v) is 3.02. The molecule has 0 fully saturated rings. The number of aryl methyl sites for hydroxylation is 2. The zero-order valence-corrected chi connectivity index (χ0v) is 11.8. The molecule has 0 aliphatic carbocycles. The van der Waals surface area contributed by atoms with E-state index in [-0.39, 0.29) is 0 Å². The predicted octanol–water partition coefficient (Wildman–Crippen LogP) is 3.36. The van der Waals surface area contributed by atoms with E-state index in [2.05, 4.69) is 9.97 Å². The van der Waals surface area contributed by atoms with Crippen molar-refractivity contribution in [1.82, 2.24) is 9.97 Å². The van der Waals surface area contributed by atoms with Gasteiger partial charge in [-0.1, -0.05) is 23.4 Å². The van der Waals surface area contributed by atoms with Crippen LogP contribution in [-0.2, 0) is 6.54 Å². The molecule has 0 bridgehead atoms. The maximum atomic E-state index is 6.12. The molecule has 3 nitrogen and oxygen atoms in total. The van der Waals surface area contributed by atoms with Crippen molar-refractivity contribution in [3.8, 4) is 0 Å². The SMILES string of the molecule is Cc1cc(Sc2ncccc2Cl)c(CN)c(C)n1. The van der Waals surface area contributed by atoms with Crippen LogP contribution in [-0.4, -0.2) is 9.97 Å². The van der Waals surface area contributed by atoms with Crippen molar-refractivity contribution in [2.45, 2.75) is 30.3 Å². The first-order valence-electron chi connectivity index (χ1n) is 5.57. The van der Waals surface area contributed by atoms with Crippen molar-refractivity contribution < 1.29 is 0 Å². The van der Waals surface area contributed by atoms with Crippen molar-refractivity contribution in [3.05, 3.63) is 46.4 Å². The van der Waals surface area contributed by atoms with Crippen molar-refractivity contribution in [3.63, 3.8) is 0 Å². The molecular formula is C13H14ClN3S. The Bertz CT molecular complexity index is 572. The van der Waals surface area contributed by atoms with Crippen LogP contribution >= 0.6 is 23.4 Å². The van der Waals surface area contributed by atoms with Gasteiger partial charge in [-0.3, -0.25) is 4.98 Å². The number of nitrogens with two attached hydrogens (primary N) is 1. The van der Waals surface area contributed by atoms with Crippen LogP contribution in [0.4, 0.5) is 0 Å². The number of pyridine rings is 2. The first-order valence-corrected chi connectivity index (χ1v) is 6.77. The number of nitrogens with zero attached hydrogens (tertiary/aromatic N) is 2. The number of halogens is 1. The molecule has 0 aliphatic rings. The predicted molar refractivity (Wildman–Crippen MR) is 75.0 cm³/mol. The summed E-state index contributed by atoms with van der Waals surface area (Å²) < 4.78 is 0. The van der Waals surface area contributed by atoms with Crippen LogP contribution in [0.5, 0.6) is 0 Å². The second-order valence-electron chi connectivity index (χ2n) is 3.92. The summed E-state index contributed by atoms with van der Waals surface area (Å²) in [5, 5.41) is 1.44. The van der Waals surface area contributed by atoms with Gasteiger partial charge in [-0.15, -0.1) is 0 Å². The van der Waals surface area contributed by atoms with Crippen LogP contribution in [0.3, 0.4) is 0 Å². The number of hydrogen-bond donors (Lipinski definition) is 1. The molecule has 0 radical (unpaired) electrons. The smallest absolute Gasteiger partial charge is 0.119 e. The summed E-state index contributed by atoms with van der Waals surface area (Å²) in [6.07, 6.45) is 1.73. The molecule has 0 unspecified atom stereocenters. The molecule has 0 saturated heterocycles. The molecule has 2 aromatic heterocycles. The monoisotopic (exact) mass is 279 g/mol. The van der Waals surface area contributed by atoms with E-state index >= 15 is 0 Å². The van der Waals surface area contributed by atoms with Crippen molar-refractivity contribution in [2.24, 2.45) is 5.73 Å². The summed E-state index contributed by atoms with van der Waals surface area (Å²) in [6, 6.07) is 5.67. The summed E-state index contributed by atoms with van der Waals surface area (Å²) in [7, 11) is 0. The molecule has 0 amide bonds. The van der Waals surface area contributed by atoms with Crippen LogP contribution in [0.2, 0.25) is 5.02 Å². The van der Waals surface area contributed by atoms with E-state index in [9.17, 15) is 0 Å². The standard InChI is InChI=1S/C13H14ClN3S/c1-8-6-12(10(7-15)9(2)17-8)18-13-11(14)4-3-5-16-13/h3-6H,7,15H2,1-2H3. The van der Waals surface area contributed by atoms with E-state index in [1.165, 1.54) is 11.8 Å². The highest BCUT2D eigenvalue weighted by Gasteiger charge is 2.11. The topological polar surface area (TPSA) is 51.8 Å². The van der Waals surface area contributed by atoms with Gasteiger partial charge >= 0.3 is 0 Å². The Labute approximate surface area is 116 Å². The van der Waals surface area contributed by atoms with E-state index < -0.39 is 0 Å². The van der Waals surface area contributed by atoms with Gasteiger partial charge in [0.15, 0.2) is 0 Å². The molecule has 5 heteroatoms. The molecule has 2 heterocycles. The molecule has 2 aromatic rings. The lowest BCUT2D eigenvalue weighted by Gasteiger charge is -2.11. The molecule has 0 atom stereocenters. The third-order valence-electron chi connectivity index (χ3n) is 2.55. The maximum Gasteiger partial charge on any atom is 0.119 e. The zero-order valence-electron chi connectivity index (χ0n) is 10.3. The molecule has 0 saturated carbocycles. The lowest BCUT2D eigenvalue weighted by molar-refractivity contribution is 0.943. The van der Waals surface area contributed by atoms with E-state index in [1.54, 1.807) is 6.20 Å². The van der Waals surface area contributed by atoms with E-state index in [4.69, 9.17) is 17.3 Å². The highest BCUT2D eigenvalue weighted by Crippen LogP contribution is 2.34. The van der Waals surface area contributed by atoms with Crippen molar-refractivity contribution in [1.29, 1.82) is 0 Å². The van der Waals surface area contributed by atoms with Crippen LogP contribution in [0, 0.1) is 13.8 Å². The summed E-state index contributed by atoms with van der Waals surface area (Å²) in [5.41, 5.74) is 8.77. The average molecular weight is 280 g/mol. The van der Waals surface area contributed by atoms with Crippen LogP contribution in [0.1, 0.15) is 17.0 Å². The van der Waals surface area contributed by atoms with Crippen LogP contribution in [0.15, 0.2) is 34.3 Å². The number of aromatic nitrogens is 2. The lowest BCUT2D eigenvalue weighted by Crippen LogP contribution is -2.04. The Morgan fingerprint density at radius 1 is 1.39 bits per heavy atom. The van der Waals surface area contributed by atoms with Crippen molar-refractivity contribution in [2.75, 3.05) is 0 Å². The molecule has 0 spiro atoms. The second kappa shape index (κ2) is 5.69. The third-order valence-corrected chi connectivity index (χ3v) is 4.07. The van der Waals surface area contributed by atoms with Gasteiger partial charge in [0.05, 0.1) is 5.02 Å². The van der Waals surface area contributed by atoms with Gasteiger partial charge in [0.2, 0.25) is 0 Å². The molecule has 2 N–H and O–H groups in total. The largest absolute Gasteiger partial charge is 0.326 e. The fraction of sp³-hybridized carbons (Fsp3) is 0.231. The summed E-state index contributed by atoms with van der Waals surface area (Å²) in [6.45, 7) is 4.41. The summed E-state index contributed by atoms with van der Waals surface area (Å²) in [4.78, 5) is 9.77. The van der Waals surface area contributed by atoms with Gasteiger partial charge in [-0.2, -0.15) is 0 Å². The number of rotatable bonds is 3. The Hall–Kier alpha value is -1.10. The quantitative estimate of drug-likeness (QED) is 0.936. The van der Waals surface area contributed by atoms with Gasteiger partial charge in [-0.05, 0) is 32.0 Å². The van der Waals surface area contributed by atoms with E-state index in [0.29, 0.717) is 11.6 Å². The third kappa shape index (κ3) is 2.83. The van der Waals surface area contributed by atoms with Gasteiger partial charge in [0.25, 0.3) is 0 Å². The fourth-order valence-electron chi connectivity index (χ4n) is 1.71.